The summed E-state index contributed by atoms with van der Waals surface area (Å²) in [5, 5.41) is 0. The third-order valence-corrected chi connectivity index (χ3v) is 4.52. The molecule has 0 spiro atoms. The van der Waals surface area contributed by atoms with Crippen molar-refractivity contribution in [3.8, 4) is 11.1 Å². The maximum atomic E-state index is 12.7. The molecule has 0 aromatic heterocycles. The summed E-state index contributed by atoms with van der Waals surface area (Å²) in [6.45, 7) is 0. The molecule has 0 atom stereocenters. The average Bonchev–Trinajstić information content (AvgIpc) is 2.98. The Balaban J connectivity index is 1.74. The third kappa shape index (κ3) is 2.79. The summed E-state index contributed by atoms with van der Waals surface area (Å²) in [6, 6.07) is 20.9. The molecule has 0 N–H and O–H groups in total. The van der Waals surface area contributed by atoms with E-state index in [1.54, 1.807) is 60.7 Å². The van der Waals surface area contributed by atoms with Crippen LogP contribution in [0.3, 0.4) is 0 Å². The Bertz CT molecular complexity index is 1050. The predicted molar refractivity (Wildman–Crippen MR) is 101 cm³/mol. The summed E-state index contributed by atoms with van der Waals surface area (Å²) in [6.07, 6.45) is 0. The summed E-state index contributed by atoms with van der Waals surface area (Å²) in [5.74, 6) is -1.10. The second-order valence-electron chi connectivity index (χ2n) is 6.11. The summed E-state index contributed by atoms with van der Waals surface area (Å²) in [7, 11) is 1.33. The van der Waals surface area contributed by atoms with Gasteiger partial charge in [-0.15, -0.1) is 0 Å². The molecule has 0 fully saturated rings. The van der Waals surface area contributed by atoms with Crippen LogP contribution in [0.25, 0.3) is 11.1 Å². The van der Waals surface area contributed by atoms with E-state index in [0.29, 0.717) is 22.4 Å². The van der Waals surface area contributed by atoms with Crippen LogP contribution in [0.4, 0.5) is 5.69 Å². The molecule has 0 saturated carbocycles. The Morgan fingerprint density at radius 2 is 1.37 bits per heavy atom. The van der Waals surface area contributed by atoms with Crippen LogP contribution in [0.2, 0.25) is 0 Å². The zero-order valence-corrected chi connectivity index (χ0v) is 14.5. The van der Waals surface area contributed by atoms with Gasteiger partial charge in [-0.25, -0.2) is 9.69 Å². The molecule has 132 valence electrons. The highest BCUT2D eigenvalue weighted by Crippen LogP contribution is 2.31. The molecule has 0 aliphatic carbocycles. The van der Waals surface area contributed by atoms with Crippen molar-refractivity contribution in [1.29, 1.82) is 0 Å². The molecule has 0 unspecified atom stereocenters. The highest BCUT2D eigenvalue weighted by Gasteiger charge is 2.36. The molecule has 0 saturated heterocycles. The maximum Gasteiger partial charge on any atom is 0.337 e. The van der Waals surface area contributed by atoms with Crippen molar-refractivity contribution in [1.82, 2.24) is 0 Å². The second-order valence-corrected chi connectivity index (χ2v) is 6.11. The Hall–Kier alpha value is -3.73. The Kier molecular flexibility index (Phi) is 4.05. The van der Waals surface area contributed by atoms with Crippen LogP contribution in [-0.4, -0.2) is 24.9 Å². The van der Waals surface area contributed by atoms with Crippen molar-refractivity contribution in [2.24, 2.45) is 0 Å². The number of fused-ring (bicyclic) bond motifs is 1. The van der Waals surface area contributed by atoms with Gasteiger partial charge in [0.1, 0.15) is 0 Å². The first-order valence-corrected chi connectivity index (χ1v) is 8.37. The maximum absolute atomic E-state index is 12.7. The van der Waals surface area contributed by atoms with Crippen molar-refractivity contribution in [2.45, 2.75) is 0 Å². The first-order chi connectivity index (χ1) is 13.1. The van der Waals surface area contributed by atoms with E-state index in [0.717, 1.165) is 11.1 Å². The first-order valence-electron chi connectivity index (χ1n) is 8.37. The van der Waals surface area contributed by atoms with E-state index in [9.17, 15) is 14.4 Å². The van der Waals surface area contributed by atoms with Gasteiger partial charge in [-0.05, 0) is 47.5 Å². The minimum atomic E-state index is -0.423. The summed E-state index contributed by atoms with van der Waals surface area (Å²) < 4.78 is 4.76. The average molecular weight is 357 g/mol. The number of benzene rings is 3. The number of methoxy groups -OCH3 is 1. The highest BCUT2D eigenvalue weighted by atomic mass is 16.5. The number of imide groups is 1. The summed E-state index contributed by atoms with van der Waals surface area (Å²) in [4.78, 5) is 38.3. The fraction of sp³-hybridized carbons (Fsp3) is 0.0455. The van der Waals surface area contributed by atoms with Crippen LogP contribution >= 0.6 is 0 Å². The lowest BCUT2D eigenvalue weighted by molar-refractivity contribution is 0.0600. The first kappa shape index (κ1) is 16.7. The van der Waals surface area contributed by atoms with Gasteiger partial charge in [0.25, 0.3) is 11.8 Å². The number of carbonyl (C=O) groups is 3. The van der Waals surface area contributed by atoms with Crippen LogP contribution in [0.5, 0.6) is 0 Å². The molecule has 4 rings (SSSR count). The zero-order valence-electron chi connectivity index (χ0n) is 14.5. The monoisotopic (exact) mass is 357 g/mol. The van der Waals surface area contributed by atoms with Gasteiger partial charge in [0.05, 0.1) is 29.5 Å². The van der Waals surface area contributed by atoms with Crippen LogP contribution < -0.4 is 4.90 Å². The molecule has 1 aliphatic rings. The van der Waals surface area contributed by atoms with E-state index >= 15 is 0 Å². The molecule has 27 heavy (non-hydrogen) atoms. The number of hydrogen-bond acceptors (Lipinski definition) is 4. The highest BCUT2D eigenvalue weighted by molar-refractivity contribution is 6.34. The molecular weight excluding hydrogens is 342 g/mol. The van der Waals surface area contributed by atoms with E-state index in [1.165, 1.54) is 12.0 Å². The minimum absolute atomic E-state index is 0.337. The predicted octanol–water partition coefficient (Wildman–Crippen LogP) is 3.94. The Morgan fingerprint density at radius 1 is 0.778 bits per heavy atom. The molecule has 3 aromatic carbocycles. The quantitative estimate of drug-likeness (QED) is 0.526. The van der Waals surface area contributed by atoms with E-state index < -0.39 is 5.97 Å². The van der Waals surface area contributed by atoms with Gasteiger partial charge in [-0.3, -0.25) is 9.59 Å². The van der Waals surface area contributed by atoms with Gasteiger partial charge in [0.15, 0.2) is 0 Å². The number of esters is 1. The van der Waals surface area contributed by atoms with E-state index in [2.05, 4.69) is 0 Å². The number of rotatable bonds is 3. The molecule has 2 amide bonds. The molecule has 3 aromatic rings. The van der Waals surface area contributed by atoms with Crippen LogP contribution in [0.1, 0.15) is 31.1 Å². The smallest absolute Gasteiger partial charge is 0.337 e. The molecule has 1 aliphatic heterocycles. The van der Waals surface area contributed by atoms with Crippen molar-refractivity contribution in [3.63, 3.8) is 0 Å². The van der Waals surface area contributed by atoms with E-state index in [1.807, 2.05) is 12.1 Å². The van der Waals surface area contributed by atoms with Crippen molar-refractivity contribution in [2.75, 3.05) is 12.0 Å². The van der Waals surface area contributed by atoms with Gasteiger partial charge < -0.3 is 4.74 Å². The second kappa shape index (κ2) is 6.53. The molecule has 0 radical (unpaired) electrons. The van der Waals surface area contributed by atoms with Gasteiger partial charge in [0, 0.05) is 0 Å². The minimum Gasteiger partial charge on any atom is -0.465 e. The SMILES string of the molecule is COC(=O)c1cccc(-c2cccc(N3C(=O)c4ccccc4C3=O)c2)c1. The lowest BCUT2D eigenvalue weighted by Crippen LogP contribution is -2.29. The fourth-order valence-corrected chi connectivity index (χ4v) is 3.19. The standard InChI is InChI=1S/C22H15NO4/c1-27-22(26)16-8-4-6-14(12-16)15-7-5-9-17(13-15)23-20(24)18-10-2-3-11-19(18)21(23)25/h2-13H,1H3. The topological polar surface area (TPSA) is 63.7 Å². The van der Waals surface area contributed by atoms with Gasteiger partial charge in [0.2, 0.25) is 0 Å². The number of amides is 2. The van der Waals surface area contributed by atoms with Gasteiger partial charge in [-0.2, -0.15) is 0 Å². The summed E-state index contributed by atoms with van der Waals surface area (Å²) in [5.41, 5.74) is 3.30. The van der Waals surface area contributed by atoms with Gasteiger partial charge in [-0.1, -0.05) is 36.4 Å². The number of anilines is 1. The van der Waals surface area contributed by atoms with Gasteiger partial charge >= 0.3 is 5.97 Å². The zero-order chi connectivity index (χ0) is 19.0. The van der Waals surface area contributed by atoms with Crippen LogP contribution in [0, 0.1) is 0 Å². The lowest BCUT2D eigenvalue weighted by Gasteiger charge is -2.15. The van der Waals surface area contributed by atoms with Crippen LogP contribution in [0.15, 0.2) is 72.8 Å². The number of hydrogen-bond donors (Lipinski definition) is 0. The van der Waals surface area contributed by atoms with Crippen molar-refractivity contribution < 1.29 is 19.1 Å². The molecular formula is C22H15NO4. The number of carbonyl (C=O) groups excluding carboxylic acids is 3. The normalized spacial score (nSPS) is 12.9. The Labute approximate surface area is 155 Å². The molecule has 0 bridgehead atoms. The van der Waals surface area contributed by atoms with Crippen molar-refractivity contribution in [3.05, 3.63) is 89.5 Å². The van der Waals surface area contributed by atoms with E-state index in [4.69, 9.17) is 4.74 Å². The van der Waals surface area contributed by atoms with Crippen molar-refractivity contribution >= 4 is 23.5 Å². The molecule has 1 heterocycles. The lowest BCUT2D eigenvalue weighted by atomic mass is 10.0. The molecule has 5 heteroatoms. The largest absolute Gasteiger partial charge is 0.465 e. The Morgan fingerprint density at radius 3 is 2.00 bits per heavy atom. The molecule has 5 nitrogen and oxygen atoms in total. The third-order valence-electron chi connectivity index (χ3n) is 4.52. The number of nitrogens with zero attached hydrogens (tertiary/aromatic N) is 1. The van der Waals surface area contributed by atoms with Crippen LogP contribution in [-0.2, 0) is 4.74 Å². The number of ether oxygens (including phenoxy) is 1. The van der Waals surface area contributed by atoms with E-state index in [-0.39, 0.29) is 11.8 Å². The summed E-state index contributed by atoms with van der Waals surface area (Å²) >= 11 is 0. The fourth-order valence-electron chi connectivity index (χ4n) is 3.19.